The Morgan fingerprint density at radius 3 is 2.78 bits per heavy atom. The van der Waals surface area contributed by atoms with Crippen molar-refractivity contribution in [3.05, 3.63) is 28.5 Å². The number of rotatable bonds is 4. The number of pyridine rings is 1. The molecule has 1 aromatic heterocycles. The summed E-state index contributed by atoms with van der Waals surface area (Å²) in [7, 11) is 0. The van der Waals surface area contributed by atoms with Crippen LogP contribution in [0.2, 0.25) is 5.02 Å². The second kappa shape index (κ2) is 6.36. The van der Waals surface area contributed by atoms with Gasteiger partial charge in [-0.1, -0.05) is 11.6 Å². The number of nitrogens with zero attached hydrogens (tertiary/aromatic N) is 3. The number of halogens is 1. The standard InChI is InChI=1S/C13H16ClN3O/c1-9(2)17(6-4-5-15)13(18)11-8-16-10(3)7-12(11)14/h7-9H,4,6H2,1-3H3. The Bertz CT molecular complexity index is 480. The van der Waals surface area contributed by atoms with Crippen LogP contribution in [-0.2, 0) is 0 Å². The zero-order valence-corrected chi connectivity index (χ0v) is 11.5. The number of hydrogen-bond donors (Lipinski definition) is 0. The van der Waals surface area contributed by atoms with Crippen molar-refractivity contribution >= 4 is 17.5 Å². The molecule has 1 rings (SSSR count). The van der Waals surface area contributed by atoms with E-state index >= 15 is 0 Å². The van der Waals surface area contributed by atoms with Gasteiger partial charge in [0, 0.05) is 24.5 Å². The number of aryl methyl sites for hydroxylation is 1. The Kier molecular flexibility index (Phi) is 5.11. The SMILES string of the molecule is Cc1cc(Cl)c(C(=O)N(CCC#N)C(C)C)cn1. The molecule has 4 nitrogen and oxygen atoms in total. The molecular formula is C13H16ClN3O. The molecule has 1 heterocycles. The Labute approximate surface area is 112 Å². The molecule has 1 amide bonds. The van der Waals surface area contributed by atoms with E-state index in [1.807, 2.05) is 26.8 Å². The van der Waals surface area contributed by atoms with E-state index in [9.17, 15) is 4.79 Å². The second-order valence-corrected chi connectivity index (χ2v) is 4.71. The third-order valence-electron chi connectivity index (χ3n) is 2.57. The Morgan fingerprint density at radius 2 is 2.28 bits per heavy atom. The first-order valence-corrected chi connectivity index (χ1v) is 6.15. The average molecular weight is 266 g/mol. The molecule has 0 aliphatic rings. The lowest BCUT2D eigenvalue weighted by Gasteiger charge is -2.26. The number of carbonyl (C=O) groups excluding carboxylic acids is 1. The number of aromatic nitrogens is 1. The maximum atomic E-state index is 12.3. The van der Waals surface area contributed by atoms with Crippen molar-refractivity contribution in [1.29, 1.82) is 5.26 Å². The van der Waals surface area contributed by atoms with Crippen molar-refractivity contribution in [2.45, 2.75) is 33.2 Å². The minimum absolute atomic E-state index is 0.0169. The van der Waals surface area contributed by atoms with Gasteiger partial charge in [-0.25, -0.2) is 0 Å². The van der Waals surface area contributed by atoms with Crippen LogP contribution < -0.4 is 0 Å². The predicted octanol–water partition coefficient (Wildman–Crippen LogP) is 2.81. The second-order valence-electron chi connectivity index (χ2n) is 4.31. The Hall–Kier alpha value is -1.60. The smallest absolute Gasteiger partial charge is 0.257 e. The maximum Gasteiger partial charge on any atom is 0.257 e. The lowest BCUT2D eigenvalue weighted by molar-refractivity contribution is 0.0710. The predicted molar refractivity (Wildman–Crippen MR) is 70.4 cm³/mol. The summed E-state index contributed by atoms with van der Waals surface area (Å²) in [6, 6.07) is 3.72. The summed E-state index contributed by atoms with van der Waals surface area (Å²) in [6.45, 7) is 6.03. The topological polar surface area (TPSA) is 57.0 Å². The van der Waals surface area contributed by atoms with Gasteiger partial charge in [0.2, 0.25) is 0 Å². The highest BCUT2D eigenvalue weighted by Gasteiger charge is 2.21. The first-order valence-electron chi connectivity index (χ1n) is 5.77. The monoisotopic (exact) mass is 265 g/mol. The molecule has 0 aliphatic heterocycles. The zero-order valence-electron chi connectivity index (χ0n) is 10.8. The number of nitriles is 1. The summed E-state index contributed by atoms with van der Waals surface area (Å²) in [4.78, 5) is 18.0. The molecule has 18 heavy (non-hydrogen) atoms. The van der Waals surface area contributed by atoms with Crippen LogP contribution in [0.4, 0.5) is 0 Å². The summed E-state index contributed by atoms with van der Waals surface area (Å²) in [5.74, 6) is -0.183. The molecule has 0 aliphatic carbocycles. The van der Waals surface area contributed by atoms with Crippen molar-refractivity contribution < 1.29 is 4.79 Å². The van der Waals surface area contributed by atoms with Crippen molar-refractivity contribution in [3.63, 3.8) is 0 Å². The van der Waals surface area contributed by atoms with Crippen LogP contribution in [0.5, 0.6) is 0 Å². The maximum absolute atomic E-state index is 12.3. The fourth-order valence-electron chi connectivity index (χ4n) is 1.60. The van der Waals surface area contributed by atoms with Gasteiger partial charge in [0.05, 0.1) is 23.1 Å². The molecule has 0 atom stereocenters. The molecule has 0 saturated carbocycles. The lowest BCUT2D eigenvalue weighted by atomic mass is 10.2. The van der Waals surface area contributed by atoms with Gasteiger partial charge in [-0.3, -0.25) is 9.78 Å². The van der Waals surface area contributed by atoms with Gasteiger partial charge in [-0.15, -0.1) is 0 Å². The first kappa shape index (κ1) is 14.5. The first-order chi connectivity index (χ1) is 8.47. The molecule has 96 valence electrons. The van der Waals surface area contributed by atoms with E-state index in [0.29, 0.717) is 23.6 Å². The Morgan fingerprint density at radius 1 is 1.61 bits per heavy atom. The van der Waals surface area contributed by atoms with Gasteiger partial charge in [-0.05, 0) is 26.8 Å². The average Bonchev–Trinajstić information content (AvgIpc) is 2.28. The van der Waals surface area contributed by atoms with Crippen LogP contribution in [0.3, 0.4) is 0 Å². The summed E-state index contributed by atoms with van der Waals surface area (Å²) < 4.78 is 0. The molecule has 1 aromatic rings. The molecular weight excluding hydrogens is 250 g/mol. The fourth-order valence-corrected chi connectivity index (χ4v) is 1.89. The summed E-state index contributed by atoms with van der Waals surface area (Å²) in [5.41, 5.74) is 1.15. The van der Waals surface area contributed by atoms with Gasteiger partial charge in [0.25, 0.3) is 5.91 Å². The molecule has 0 fully saturated rings. The van der Waals surface area contributed by atoms with E-state index in [2.05, 4.69) is 4.98 Å². The minimum atomic E-state index is -0.183. The van der Waals surface area contributed by atoms with Crippen molar-refractivity contribution in [2.24, 2.45) is 0 Å². The third kappa shape index (κ3) is 3.44. The summed E-state index contributed by atoms with van der Waals surface area (Å²) in [5, 5.41) is 9.01. The highest BCUT2D eigenvalue weighted by molar-refractivity contribution is 6.33. The summed E-state index contributed by atoms with van der Waals surface area (Å²) in [6.07, 6.45) is 1.79. The number of amides is 1. The van der Waals surface area contributed by atoms with Crippen LogP contribution in [-0.4, -0.2) is 28.4 Å². The van der Waals surface area contributed by atoms with Gasteiger partial charge < -0.3 is 4.90 Å². The van der Waals surface area contributed by atoms with E-state index in [0.717, 1.165) is 5.69 Å². The minimum Gasteiger partial charge on any atom is -0.335 e. The van der Waals surface area contributed by atoms with Crippen molar-refractivity contribution in [3.8, 4) is 6.07 Å². The van der Waals surface area contributed by atoms with E-state index in [-0.39, 0.29) is 11.9 Å². The van der Waals surface area contributed by atoms with E-state index in [1.165, 1.54) is 6.20 Å². The molecule has 0 N–H and O–H groups in total. The highest BCUT2D eigenvalue weighted by atomic mass is 35.5. The molecule has 0 aromatic carbocycles. The van der Waals surface area contributed by atoms with Gasteiger partial charge in [-0.2, -0.15) is 5.26 Å². The van der Waals surface area contributed by atoms with E-state index in [4.69, 9.17) is 16.9 Å². The van der Waals surface area contributed by atoms with E-state index in [1.54, 1.807) is 11.0 Å². The molecule has 0 unspecified atom stereocenters. The van der Waals surface area contributed by atoms with Crippen LogP contribution in [0.1, 0.15) is 36.3 Å². The van der Waals surface area contributed by atoms with Crippen LogP contribution in [0, 0.1) is 18.3 Å². The van der Waals surface area contributed by atoms with Gasteiger partial charge in [0.1, 0.15) is 0 Å². The molecule has 0 spiro atoms. The van der Waals surface area contributed by atoms with Crippen LogP contribution >= 0.6 is 11.6 Å². The molecule has 5 heteroatoms. The lowest BCUT2D eigenvalue weighted by Crippen LogP contribution is -2.37. The molecule has 0 saturated heterocycles. The quantitative estimate of drug-likeness (QED) is 0.841. The van der Waals surface area contributed by atoms with E-state index < -0.39 is 0 Å². The van der Waals surface area contributed by atoms with Crippen molar-refractivity contribution in [1.82, 2.24) is 9.88 Å². The summed E-state index contributed by atoms with van der Waals surface area (Å²) >= 11 is 6.05. The van der Waals surface area contributed by atoms with Crippen molar-refractivity contribution in [2.75, 3.05) is 6.54 Å². The number of carbonyl (C=O) groups is 1. The highest BCUT2D eigenvalue weighted by Crippen LogP contribution is 2.19. The number of hydrogen-bond acceptors (Lipinski definition) is 3. The van der Waals surface area contributed by atoms with Gasteiger partial charge >= 0.3 is 0 Å². The van der Waals surface area contributed by atoms with Crippen LogP contribution in [0.15, 0.2) is 12.3 Å². The zero-order chi connectivity index (χ0) is 13.7. The Balaban J connectivity index is 2.99. The fraction of sp³-hybridized carbons (Fsp3) is 0.462. The molecule has 0 radical (unpaired) electrons. The largest absolute Gasteiger partial charge is 0.335 e. The third-order valence-corrected chi connectivity index (χ3v) is 2.88. The molecule has 0 bridgehead atoms. The van der Waals surface area contributed by atoms with Crippen LogP contribution in [0.25, 0.3) is 0 Å². The van der Waals surface area contributed by atoms with Gasteiger partial charge in [0.15, 0.2) is 0 Å². The normalized spacial score (nSPS) is 10.2.